The lowest BCUT2D eigenvalue weighted by Gasteiger charge is -2.35. The van der Waals surface area contributed by atoms with Crippen molar-refractivity contribution in [2.75, 3.05) is 26.5 Å². The highest BCUT2D eigenvalue weighted by atomic mass is 32.2. The number of hydrogen-bond donors (Lipinski definition) is 1. The summed E-state index contributed by atoms with van der Waals surface area (Å²) >= 11 is 0. The van der Waals surface area contributed by atoms with Crippen LogP contribution < -0.4 is 4.72 Å². The third kappa shape index (κ3) is 6.02. The molecule has 1 aromatic carbocycles. The first-order valence-corrected chi connectivity index (χ1v) is 9.68. The Hall–Kier alpha value is -2.13. The maximum absolute atomic E-state index is 12.3. The number of esters is 1. The van der Waals surface area contributed by atoms with Crippen molar-refractivity contribution in [1.82, 2.24) is 9.62 Å². The molecule has 0 aromatic heterocycles. The largest absolute Gasteiger partial charge is 0.469 e. The van der Waals surface area contributed by atoms with Gasteiger partial charge in [0.15, 0.2) is 0 Å². The predicted molar refractivity (Wildman–Crippen MR) is 90.1 cm³/mol. The molecular formula is C16H22N2O6S. The Kier molecular flexibility index (Phi) is 6.38. The number of amides is 1. The van der Waals surface area contributed by atoms with Gasteiger partial charge in [-0.3, -0.25) is 4.79 Å². The molecule has 0 bridgehead atoms. The van der Waals surface area contributed by atoms with Gasteiger partial charge < -0.3 is 14.4 Å². The van der Waals surface area contributed by atoms with Crippen molar-refractivity contribution in [2.45, 2.75) is 19.1 Å². The summed E-state index contributed by atoms with van der Waals surface area (Å²) in [6.07, 6.45) is 0.701. The Morgan fingerprint density at radius 2 is 1.92 bits per heavy atom. The predicted octanol–water partition coefficient (Wildman–Crippen LogP) is 0.736. The van der Waals surface area contributed by atoms with Gasteiger partial charge in [0.2, 0.25) is 10.0 Å². The first-order valence-electron chi connectivity index (χ1n) is 7.79. The van der Waals surface area contributed by atoms with E-state index in [-0.39, 0.29) is 26.1 Å². The van der Waals surface area contributed by atoms with Crippen molar-refractivity contribution in [3.63, 3.8) is 0 Å². The van der Waals surface area contributed by atoms with Crippen molar-refractivity contribution in [1.29, 1.82) is 0 Å². The van der Waals surface area contributed by atoms with Crippen LogP contribution in [0.4, 0.5) is 4.79 Å². The fraction of sp³-hybridized carbons (Fsp3) is 0.500. The van der Waals surface area contributed by atoms with Gasteiger partial charge in [-0.25, -0.2) is 17.9 Å². The van der Waals surface area contributed by atoms with Crippen molar-refractivity contribution in [3.8, 4) is 0 Å². The molecule has 8 nitrogen and oxygen atoms in total. The second-order valence-electron chi connectivity index (χ2n) is 5.99. The van der Waals surface area contributed by atoms with Crippen molar-refractivity contribution >= 4 is 22.1 Å². The van der Waals surface area contributed by atoms with E-state index < -0.39 is 34.0 Å². The standard InChI is InChI=1S/C16H22N2O6S/c1-23-15(19)13-8-14(17-25(2,21)22)10-18(9-13)16(20)24-11-12-6-4-3-5-7-12/h3-7,13-14,17H,8-11H2,1-2H3/t13-,14+/m1/s1. The van der Waals surface area contributed by atoms with E-state index in [9.17, 15) is 18.0 Å². The van der Waals surface area contributed by atoms with E-state index in [0.717, 1.165) is 11.8 Å². The Morgan fingerprint density at radius 1 is 1.24 bits per heavy atom. The molecule has 9 heteroatoms. The van der Waals surface area contributed by atoms with E-state index >= 15 is 0 Å². The van der Waals surface area contributed by atoms with Gasteiger partial charge >= 0.3 is 12.1 Å². The van der Waals surface area contributed by atoms with Gasteiger partial charge in [-0.15, -0.1) is 0 Å². The van der Waals surface area contributed by atoms with Gasteiger partial charge in [0.05, 0.1) is 19.3 Å². The molecule has 1 aliphatic heterocycles. The SMILES string of the molecule is COC(=O)[C@@H]1C[C@H](NS(C)(=O)=O)CN(C(=O)OCc2ccccc2)C1. The van der Waals surface area contributed by atoms with Crippen LogP contribution in [0.1, 0.15) is 12.0 Å². The Labute approximate surface area is 147 Å². The fourth-order valence-corrected chi connectivity index (χ4v) is 3.56. The number of ether oxygens (including phenoxy) is 2. The minimum atomic E-state index is -3.46. The molecule has 0 unspecified atom stereocenters. The Morgan fingerprint density at radius 3 is 2.52 bits per heavy atom. The van der Waals surface area contributed by atoms with Gasteiger partial charge in [0.1, 0.15) is 6.61 Å². The number of sulfonamides is 1. The number of carbonyl (C=O) groups excluding carboxylic acids is 2. The summed E-state index contributed by atoms with van der Waals surface area (Å²) in [7, 11) is -2.21. The zero-order valence-corrected chi connectivity index (χ0v) is 15.0. The highest BCUT2D eigenvalue weighted by molar-refractivity contribution is 7.88. The number of nitrogens with one attached hydrogen (secondary N) is 1. The molecule has 2 atom stereocenters. The van der Waals surface area contributed by atoms with Gasteiger partial charge in [-0.05, 0) is 12.0 Å². The summed E-state index contributed by atoms with van der Waals surface area (Å²) in [5, 5.41) is 0. The van der Waals surface area contributed by atoms with Gasteiger partial charge in [-0.1, -0.05) is 30.3 Å². The first-order chi connectivity index (χ1) is 11.8. The number of carbonyl (C=O) groups is 2. The minimum absolute atomic E-state index is 0.100. The summed E-state index contributed by atoms with van der Waals surface area (Å²) in [6, 6.07) is 8.62. The van der Waals surface area contributed by atoms with Crippen LogP contribution in [0.15, 0.2) is 30.3 Å². The topological polar surface area (TPSA) is 102 Å². The quantitative estimate of drug-likeness (QED) is 0.767. The molecule has 1 fully saturated rings. The second kappa shape index (κ2) is 8.30. The van der Waals surface area contributed by atoms with E-state index in [4.69, 9.17) is 9.47 Å². The summed E-state index contributed by atoms with van der Waals surface area (Å²) in [6.45, 7) is 0.361. The fourth-order valence-electron chi connectivity index (χ4n) is 2.78. The van der Waals surface area contributed by atoms with Crippen molar-refractivity contribution in [3.05, 3.63) is 35.9 Å². The van der Waals surface area contributed by atoms with E-state index in [2.05, 4.69) is 4.72 Å². The minimum Gasteiger partial charge on any atom is -0.469 e. The van der Waals surface area contributed by atoms with Gasteiger partial charge in [-0.2, -0.15) is 0 Å². The molecule has 0 radical (unpaired) electrons. The lowest BCUT2D eigenvalue weighted by molar-refractivity contribution is -0.147. The highest BCUT2D eigenvalue weighted by Crippen LogP contribution is 2.20. The van der Waals surface area contributed by atoms with Crippen molar-refractivity contribution in [2.24, 2.45) is 5.92 Å². The van der Waals surface area contributed by atoms with Crippen molar-refractivity contribution < 1.29 is 27.5 Å². The summed E-state index contributed by atoms with van der Waals surface area (Å²) in [4.78, 5) is 25.5. The van der Waals surface area contributed by atoms with Crippen LogP contribution in [-0.4, -0.2) is 57.9 Å². The van der Waals surface area contributed by atoms with E-state index in [0.29, 0.717) is 0 Å². The molecule has 0 spiro atoms. The number of nitrogens with zero attached hydrogens (tertiary/aromatic N) is 1. The summed E-state index contributed by atoms with van der Waals surface area (Å²) in [5.41, 5.74) is 0.836. The van der Waals surface area contributed by atoms with Crippen LogP contribution >= 0.6 is 0 Å². The number of benzene rings is 1. The Bertz CT molecular complexity index is 707. The number of piperidine rings is 1. The lowest BCUT2D eigenvalue weighted by atomic mass is 9.95. The maximum Gasteiger partial charge on any atom is 0.410 e. The molecule has 1 aliphatic rings. The molecule has 1 amide bonds. The molecule has 2 rings (SSSR count). The Balaban J connectivity index is 2.03. The highest BCUT2D eigenvalue weighted by Gasteiger charge is 2.36. The molecule has 1 N–H and O–H groups in total. The van der Waals surface area contributed by atoms with Crippen LogP contribution in [-0.2, 0) is 30.9 Å². The molecule has 1 saturated heterocycles. The molecule has 1 aromatic rings. The summed E-state index contributed by atoms with van der Waals surface area (Å²) in [5.74, 6) is -1.09. The monoisotopic (exact) mass is 370 g/mol. The molecular weight excluding hydrogens is 348 g/mol. The number of likely N-dealkylation sites (tertiary alicyclic amines) is 1. The molecule has 138 valence electrons. The van der Waals surface area contributed by atoms with E-state index in [1.165, 1.54) is 12.0 Å². The van der Waals surface area contributed by atoms with Crippen LogP contribution in [0, 0.1) is 5.92 Å². The van der Waals surface area contributed by atoms with Crippen LogP contribution in [0.2, 0.25) is 0 Å². The first kappa shape index (κ1) is 19.2. The van der Waals surface area contributed by atoms with Crippen LogP contribution in [0.25, 0.3) is 0 Å². The average molecular weight is 370 g/mol. The average Bonchev–Trinajstić information content (AvgIpc) is 2.58. The number of methoxy groups -OCH3 is 1. The molecule has 0 saturated carbocycles. The second-order valence-corrected chi connectivity index (χ2v) is 7.77. The third-order valence-electron chi connectivity index (χ3n) is 3.83. The lowest BCUT2D eigenvalue weighted by Crippen LogP contribution is -2.54. The van der Waals surface area contributed by atoms with E-state index in [1.54, 1.807) is 0 Å². The zero-order chi connectivity index (χ0) is 18.4. The normalized spacial score (nSPS) is 20.8. The molecule has 25 heavy (non-hydrogen) atoms. The van der Waals surface area contributed by atoms with Gasteiger partial charge in [0, 0.05) is 19.1 Å². The summed E-state index contributed by atoms with van der Waals surface area (Å²) < 4.78 is 35.4. The van der Waals surface area contributed by atoms with E-state index in [1.807, 2.05) is 30.3 Å². The number of rotatable bonds is 5. The van der Waals surface area contributed by atoms with Gasteiger partial charge in [0.25, 0.3) is 0 Å². The third-order valence-corrected chi connectivity index (χ3v) is 4.59. The smallest absolute Gasteiger partial charge is 0.410 e. The van der Waals surface area contributed by atoms with Crippen LogP contribution in [0.3, 0.4) is 0 Å². The molecule has 0 aliphatic carbocycles. The molecule has 1 heterocycles. The number of hydrogen-bond acceptors (Lipinski definition) is 6. The van der Waals surface area contributed by atoms with Crippen LogP contribution in [0.5, 0.6) is 0 Å². The maximum atomic E-state index is 12.3. The zero-order valence-electron chi connectivity index (χ0n) is 14.2.